The molecule has 1 amide bonds. The number of rotatable bonds is 7. The molecule has 0 bridgehead atoms. The highest BCUT2D eigenvalue weighted by molar-refractivity contribution is 5.96. The van der Waals surface area contributed by atoms with Gasteiger partial charge in [0.2, 0.25) is 6.41 Å². The molecule has 0 aliphatic heterocycles. The summed E-state index contributed by atoms with van der Waals surface area (Å²) >= 11 is 0. The maximum Gasteiger partial charge on any atom is 0.326 e. The SMILES string of the molecule is CC(=O)c1cc(N(C=O)C(CCO)C(=O)O)n(C)c1. The Morgan fingerprint density at radius 1 is 1.53 bits per heavy atom. The molecule has 1 unspecified atom stereocenters. The number of aryl methyl sites for hydroxylation is 1. The number of carbonyl (C=O) groups is 3. The molecule has 0 spiro atoms. The average molecular weight is 268 g/mol. The third-order valence-corrected chi connectivity index (χ3v) is 2.79. The van der Waals surface area contributed by atoms with E-state index in [0.717, 1.165) is 4.90 Å². The van der Waals surface area contributed by atoms with Crippen molar-refractivity contribution in [2.75, 3.05) is 11.5 Å². The van der Waals surface area contributed by atoms with Crippen LogP contribution >= 0.6 is 0 Å². The molecule has 2 N–H and O–H groups in total. The van der Waals surface area contributed by atoms with E-state index >= 15 is 0 Å². The molecule has 1 heterocycles. The third-order valence-electron chi connectivity index (χ3n) is 2.79. The number of nitrogens with zero attached hydrogens (tertiary/aromatic N) is 2. The Labute approximate surface area is 110 Å². The summed E-state index contributed by atoms with van der Waals surface area (Å²) in [5.41, 5.74) is 0.387. The van der Waals surface area contributed by atoms with Crippen molar-refractivity contribution in [3.05, 3.63) is 17.8 Å². The molecule has 1 aromatic heterocycles. The van der Waals surface area contributed by atoms with Gasteiger partial charge in [-0.3, -0.25) is 14.5 Å². The molecule has 0 saturated carbocycles. The van der Waals surface area contributed by atoms with E-state index in [4.69, 9.17) is 10.2 Å². The van der Waals surface area contributed by atoms with E-state index in [9.17, 15) is 14.4 Å². The highest BCUT2D eigenvalue weighted by Gasteiger charge is 2.27. The van der Waals surface area contributed by atoms with E-state index in [2.05, 4.69) is 0 Å². The van der Waals surface area contributed by atoms with Gasteiger partial charge in [-0.15, -0.1) is 0 Å². The molecule has 1 atom stereocenters. The number of hydrogen-bond acceptors (Lipinski definition) is 4. The van der Waals surface area contributed by atoms with Crippen molar-refractivity contribution in [3.8, 4) is 0 Å². The standard InChI is InChI=1S/C12H16N2O5/c1-8(17)9-5-11(13(2)6-9)14(7-16)10(3-4-15)12(18)19/h5-7,10,15H,3-4H2,1-2H3,(H,18,19). The number of aromatic nitrogens is 1. The summed E-state index contributed by atoms with van der Waals surface area (Å²) in [6, 6.07) is 0.278. The maximum atomic E-state index is 11.3. The third kappa shape index (κ3) is 3.19. The van der Waals surface area contributed by atoms with Crippen LogP contribution < -0.4 is 4.90 Å². The lowest BCUT2D eigenvalue weighted by molar-refractivity contribution is -0.139. The number of aliphatic hydroxyl groups is 1. The largest absolute Gasteiger partial charge is 0.480 e. The molecular weight excluding hydrogens is 252 g/mol. The van der Waals surface area contributed by atoms with Crippen LogP contribution in [0.4, 0.5) is 5.82 Å². The van der Waals surface area contributed by atoms with E-state index in [1.54, 1.807) is 7.05 Å². The Balaban J connectivity index is 3.18. The highest BCUT2D eigenvalue weighted by Crippen LogP contribution is 2.20. The number of anilines is 1. The second-order valence-corrected chi connectivity index (χ2v) is 4.13. The van der Waals surface area contributed by atoms with Gasteiger partial charge in [0, 0.05) is 31.8 Å². The van der Waals surface area contributed by atoms with Crippen LogP contribution in [0.25, 0.3) is 0 Å². The quantitative estimate of drug-likeness (QED) is 0.536. The fourth-order valence-corrected chi connectivity index (χ4v) is 1.79. The Morgan fingerprint density at radius 3 is 2.53 bits per heavy atom. The Hall–Kier alpha value is -2.15. The van der Waals surface area contributed by atoms with Crippen LogP contribution in [-0.4, -0.2) is 45.6 Å². The summed E-state index contributed by atoms with van der Waals surface area (Å²) in [4.78, 5) is 34.5. The van der Waals surface area contributed by atoms with Crippen LogP contribution in [0.1, 0.15) is 23.7 Å². The molecule has 0 aliphatic rings. The van der Waals surface area contributed by atoms with E-state index in [-0.39, 0.29) is 18.8 Å². The molecule has 0 saturated heterocycles. The zero-order chi connectivity index (χ0) is 14.6. The van der Waals surface area contributed by atoms with Crippen molar-refractivity contribution in [1.29, 1.82) is 0 Å². The van der Waals surface area contributed by atoms with Gasteiger partial charge in [-0.25, -0.2) is 4.79 Å². The van der Waals surface area contributed by atoms with Crippen LogP contribution in [0, 0.1) is 0 Å². The lowest BCUT2D eigenvalue weighted by atomic mass is 10.2. The number of hydrogen-bond donors (Lipinski definition) is 2. The summed E-state index contributed by atoms with van der Waals surface area (Å²) in [5.74, 6) is -1.10. The molecule has 0 aromatic carbocycles. The minimum absolute atomic E-state index is 0.0886. The van der Waals surface area contributed by atoms with Crippen LogP contribution in [0.2, 0.25) is 0 Å². The Bertz CT molecular complexity index is 494. The van der Waals surface area contributed by atoms with Crippen LogP contribution in [0.15, 0.2) is 12.3 Å². The Morgan fingerprint density at radius 2 is 2.16 bits per heavy atom. The minimum Gasteiger partial charge on any atom is -0.480 e. The fraction of sp³-hybridized carbons (Fsp3) is 0.417. The van der Waals surface area contributed by atoms with Gasteiger partial charge in [0.1, 0.15) is 11.9 Å². The van der Waals surface area contributed by atoms with Crippen LogP contribution in [-0.2, 0) is 16.6 Å². The lowest BCUT2D eigenvalue weighted by Gasteiger charge is -2.24. The van der Waals surface area contributed by atoms with Crippen molar-refractivity contribution < 1.29 is 24.6 Å². The van der Waals surface area contributed by atoms with Gasteiger partial charge in [-0.2, -0.15) is 0 Å². The summed E-state index contributed by atoms with van der Waals surface area (Å²) in [6.07, 6.45) is 1.81. The molecule has 0 fully saturated rings. The summed E-state index contributed by atoms with van der Waals surface area (Å²) < 4.78 is 1.50. The first-order valence-corrected chi connectivity index (χ1v) is 5.67. The highest BCUT2D eigenvalue weighted by atomic mass is 16.4. The van der Waals surface area contributed by atoms with Gasteiger partial charge in [0.05, 0.1) is 0 Å². The summed E-state index contributed by atoms with van der Waals surface area (Å²) in [6.45, 7) is 1.03. The van der Waals surface area contributed by atoms with Gasteiger partial charge < -0.3 is 14.8 Å². The van der Waals surface area contributed by atoms with E-state index < -0.39 is 12.0 Å². The molecule has 7 heteroatoms. The molecule has 1 aromatic rings. The number of carboxylic acid groups (broad SMARTS) is 1. The Kier molecular flexibility index (Phi) is 4.82. The van der Waals surface area contributed by atoms with Gasteiger partial charge in [0.25, 0.3) is 0 Å². The smallest absolute Gasteiger partial charge is 0.326 e. The summed E-state index contributed by atoms with van der Waals surface area (Å²) in [5, 5.41) is 18.0. The first-order valence-electron chi connectivity index (χ1n) is 5.67. The van der Waals surface area contributed by atoms with Crippen molar-refractivity contribution in [2.45, 2.75) is 19.4 Å². The molecule has 104 valence electrons. The zero-order valence-corrected chi connectivity index (χ0v) is 10.7. The second kappa shape index (κ2) is 6.14. The first kappa shape index (κ1) is 14.9. The van der Waals surface area contributed by atoms with Crippen molar-refractivity contribution in [3.63, 3.8) is 0 Å². The number of Topliss-reactive ketones (excluding diaryl/α,β-unsaturated/α-hetero) is 1. The first-order chi connectivity index (χ1) is 8.92. The number of ketones is 1. The predicted molar refractivity (Wildman–Crippen MR) is 67.1 cm³/mol. The topological polar surface area (TPSA) is 99.8 Å². The number of carbonyl (C=O) groups excluding carboxylic acids is 2. The fourth-order valence-electron chi connectivity index (χ4n) is 1.79. The second-order valence-electron chi connectivity index (χ2n) is 4.13. The summed E-state index contributed by atoms with van der Waals surface area (Å²) in [7, 11) is 1.61. The molecule has 7 nitrogen and oxygen atoms in total. The predicted octanol–water partition coefficient (Wildman–Crippen LogP) is 0.0261. The van der Waals surface area contributed by atoms with E-state index in [1.165, 1.54) is 23.8 Å². The van der Waals surface area contributed by atoms with E-state index in [1.807, 2.05) is 0 Å². The van der Waals surface area contributed by atoms with Gasteiger partial charge in [-0.1, -0.05) is 0 Å². The maximum absolute atomic E-state index is 11.3. The average Bonchev–Trinajstić information content (AvgIpc) is 2.71. The molecular formula is C12H16N2O5. The van der Waals surface area contributed by atoms with Crippen LogP contribution in [0.3, 0.4) is 0 Å². The van der Waals surface area contributed by atoms with Gasteiger partial charge >= 0.3 is 5.97 Å². The molecule has 0 radical (unpaired) electrons. The lowest BCUT2D eigenvalue weighted by Crippen LogP contribution is -2.42. The van der Waals surface area contributed by atoms with Gasteiger partial charge in [0.15, 0.2) is 5.78 Å². The van der Waals surface area contributed by atoms with Crippen molar-refractivity contribution >= 4 is 24.0 Å². The molecule has 19 heavy (non-hydrogen) atoms. The minimum atomic E-state index is -1.22. The van der Waals surface area contributed by atoms with Crippen molar-refractivity contribution in [1.82, 2.24) is 4.57 Å². The monoisotopic (exact) mass is 268 g/mol. The number of aliphatic hydroxyl groups excluding tert-OH is 1. The number of aliphatic carboxylic acids is 1. The number of carboxylic acids is 1. The molecule has 0 aliphatic carbocycles. The van der Waals surface area contributed by atoms with Crippen LogP contribution in [0.5, 0.6) is 0 Å². The van der Waals surface area contributed by atoms with Crippen molar-refractivity contribution in [2.24, 2.45) is 7.05 Å². The molecule has 1 rings (SSSR count). The van der Waals surface area contributed by atoms with E-state index in [0.29, 0.717) is 17.8 Å². The number of amides is 1. The zero-order valence-electron chi connectivity index (χ0n) is 10.7. The normalized spacial score (nSPS) is 11.9. The van der Waals surface area contributed by atoms with Gasteiger partial charge in [-0.05, 0) is 13.0 Å².